The fourth-order valence-corrected chi connectivity index (χ4v) is 3.10. The van der Waals surface area contributed by atoms with E-state index in [1.54, 1.807) is 30.3 Å². The van der Waals surface area contributed by atoms with Crippen LogP contribution >= 0.6 is 0 Å². The molecule has 0 aliphatic heterocycles. The lowest BCUT2D eigenvalue weighted by Crippen LogP contribution is -2.58. The number of rotatable bonds is 13. The van der Waals surface area contributed by atoms with Crippen LogP contribution in [0.3, 0.4) is 0 Å². The lowest BCUT2D eigenvalue weighted by Gasteiger charge is -2.24. The van der Waals surface area contributed by atoms with E-state index in [2.05, 4.69) is 25.9 Å². The quantitative estimate of drug-likeness (QED) is 0.175. The summed E-state index contributed by atoms with van der Waals surface area (Å²) in [6, 6.07) is 3.61. The summed E-state index contributed by atoms with van der Waals surface area (Å²) in [7, 11) is 0. The smallest absolute Gasteiger partial charge is 0.325 e. The molecule has 1 aromatic heterocycles. The van der Waals surface area contributed by atoms with E-state index in [1.165, 1.54) is 19.4 Å². The average Bonchev–Trinajstić information content (AvgIpc) is 3.31. The molecule has 1 aromatic carbocycles. The van der Waals surface area contributed by atoms with E-state index in [-0.39, 0.29) is 12.8 Å². The molecule has 2 rings (SSSR count). The predicted molar refractivity (Wildman–Crippen MR) is 122 cm³/mol. The number of aromatic nitrogens is 2. The number of imidazole rings is 1. The summed E-state index contributed by atoms with van der Waals surface area (Å²) in [5.41, 5.74) is 7.26. The van der Waals surface area contributed by atoms with Gasteiger partial charge in [0.25, 0.3) is 0 Å². The Morgan fingerprint density at radius 2 is 1.57 bits per heavy atom. The zero-order valence-electron chi connectivity index (χ0n) is 18.9. The van der Waals surface area contributed by atoms with Gasteiger partial charge in [0.05, 0.1) is 18.8 Å². The van der Waals surface area contributed by atoms with Gasteiger partial charge in [0.2, 0.25) is 17.7 Å². The molecule has 1 heterocycles. The molecule has 0 aliphatic carbocycles. The number of benzene rings is 1. The molecule has 0 radical (unpaired) electrons. The number of carbonyl (C=O) groups is 5. The number of amides is 3. The zero-order chi connectivity index (χ0) is 26.0. The number of hydrogen-bond acceptors (Lipinski definition) is 7. The molecule has 0 fully saturated rings. The van der Waals surface area contributed by atoms with Crippen LogP contribution in [0.5, 0.6) is 0 Å². The lowest BCUT2D eigenvalue weighted by atomic mass is 10.0. The molecule has 0 aliphatic rings. The molecule has 35 heavy (non-hydrogen) atoms. The Labute approximate surface area is 200 Å². The molecule has 4 atom stereocenters. The van der Waals surface area contributed by atoms with Crippen LogP contribution in [0.2, 0.25) is 0 Å². The van der Waals surface area contributed by atoms with Crippen molar-refractivity contribution in [1.82, 2.24) is 25.9 Å². The fraction of sp³-hybridized carbons (Fsp3) is 0.364. The number of H-pyrrole nitrogens is 1. The number of carboxylic acid groups (broad SMARTS) is 2. The van der Waals surface area contributed by atoms with Gasteiger partial charge in [-0.1, -0.05) is 30.3 Å². The fourth-order valence-electron chi connectivity index (χ4n) is 3.10. The predicted octanol–water partition coefficient (Wildman–Crippen LogP) is -1.44. The van der Waals surface area contributed by atoms with Crippen LogP contribution in [-0.2, 0) is 36.8 Å². The van der Waals surface area contributed by atoms with E-state index in [9.17, 15) is 24.0 Å². The van der Waals surface area contributed by atoms with E-state index in [4.69, 9.17) is 15.9 Å². The Hall–Kier alpha value is -4.26. The number of hydrogen-bond donors (Lipinski definition) is 7. The summed E-state index contributed by atoms with van der Waals surface area (Å²) in [5, 5.41) is 25.1. The average molecular weight is 489 g/mol. The van der Waals surface area contributed by atoms with Crippen molar-refractivity contribution in [1.29, 1.82) is 0 Å². The van der Waals surface area contributed by atoms with E-state index in [0.717, 1.165) is 0 Å². The molecule has 0 saturated carbocycles. The van der Waals surface area contributed by atoms with Gasteiger partial charge in [0.1, 0.15) is 18.1 Å². The van der Waals surface area contributed by atoms with Gasteiger partial charge in [-0.3, -0.25) is 24.0 Å². The van der Waals surface area contributed by atoms with Crippen LogP contribution in [0.25, 0.3) is 0 Å². The first kappa shape index (κ1) is 27.0. The highest BCUT2D eigenvalue weighted by molar-refractivity contribution is 5.95. The lowest BCUT2D eigenvalue weighted by molar-refractivity contribution is -0.143. The van der Waals surface area contributed by atoms with Crippen molar-refractivity contribution in [3.63, 3.8) is 0 Å². The maximum atomic E-state index is 13.1. The minimum Gasteiger partial charge on any atom is -0.481 e. The molecule has 0 spiro atoms. The van der Waals surface area contributed by atoms with Crippen molar-refractivity contribution < 1.29 is 34.2 Å². The summed E-state index contributed by atoms with van der Waals surface area (Å²) in [6.45, 7) is 1.19. The first-order valence-electron chi connectivity index (χ1n) is 10.7. The molecule has 188 valence electrons. The topological polar surface area (TPSA) is 217 Å². The van der Waals surface area contributed by atoms with Crippen molar-refractivity contribution >= 4 is 29.7 Å². The highest BCUT2D eigenvalue weighted by atomic mass is 16.4. The third-order valence-corrected chi connectivity index (χ3v) is 4.99. The maximum Gasteiger partial charge on any atom is 0.325 e. The Morgan fingerprint density at radius 1 is 0.943 bits per heavy atom. The SMILES string of the molecule is CC(NC(=O)C(CC(=O)O)NC(=O)C(Cc1ccccc1)NC(=O)C(N)Cc1cnc[nH]1)C(=O)O. The number of carboxylic acids is 2. The molecule has 8 N–H and O–H groups in total. The monoisotopic (exact) mass is 488 g/mol. The van der Waals surface area contributed by atoms with Gasteiger partial charge in [0, 0.05) is 24.7 Å². The van der Waals surface area contributed by atoms with Gasteiger partial charge < -0.3 is 36.9 Å². The van der Waals surface area contributed by atoms with E-state index in [0.29, 0.717) is 11.3 Å². The molecule has 0 saturated heterocycles. The van der Waals surface area contributed by atoms with Gasteiger partial charge in [-0.05, 0) is 12.5 Å². The Bertz CT molecular complexity index is 1030. The van der Waals surface area contributed by atoms with Gasteiger partial charge in [-0.2, -0.15) is 0 Å². The number of nitrogens with two attached hydrogens (primary N) is 1. The Kier molecular flexibility index (Phi) is 9.90. The summed E-state index contributed by atoms with van der Waals surface area (Å²) < 4.78 is 0. The Morgan fingerprint density at radius 3 is 2.14 bits per heavy atom. The van der Waals surface area contributed by atoms with Gasteiger partial charge in [-0.15, -0.1) is 0 Å². The highest BCUT2D eigenvalue weighted by Crippen LogP contribution is 2.06. The van der Waals surface area contributed by atoms with Crippen molar-refractivity contribution in [3.8, 4) is 0 Å². The molecule has 13 heteroatoms. The largest absolute Gasteiger partial charge is 0.481 e. The van der Waals surface area contributed by atoms with Gasteiger partial charge in [0.15, 0.2) is 0 Å². The number of aromatic amines is 1. The number of nitrogens with one attached hydrogen (secondary N) is 4. The molecular weight excluding hydrogens is 460 g/mol. The summed E-state index contributed by atoms with van der Waals surface area (Å²) in [5.74, 6) is -5.19. The van der Waals surface area contributed by atoms with Crippen LogP contribution in [0.1, 0.15) is 24.6 Å². The molecule has 13 nitrogen and oxygen atoms in total. The third-order valence-electron chi connectivity index (χ3n) is 4.99. The first-order chi connectivity index (χ1) is 16.6. The van der Waals surface area contributed by atoms with Gasteiger partial charge in [-0.25, -0.2) is 4.98 Å². The normalized spacial score (nSPS) is 14.1. The van der Waals surface area contributed by atoms with Crippen molar-refractivity contribution in [3.05, 3.63) is 54.1 Å². The van der Waals surface area contributed by atoms with E-state index >= 15 is 0 Å². The van der Waals surface area contributed by atoms with E-state index in [1.807, 2.05) is 0 Å². The Balaban J connectivity index is 2.18. The summed E-state index contributed by atoms with van der Waals surface area (Å²) >= 11 is 0. The molecule has 0 bridgehead atoms. The number of nitrogens with zero attached hydrogens (tertiary/aromatic N) is 1. The van der Waals surface area contributed by atoms with Crippen LogP contribution < -0.4 is 21.7 Å². The van der Waals surface area contributed by atoms with Gasteiger partial charge >= 0.3 is 11.9 Å². The molecule has 3 amide bonds. The van der Waals surface area contributed by atoms with Crippen LogP contribution in [0.15, 0.2) is 42.9 Å². The highest BCUT2D eigenvalue weighted by Gasteiger charge is 2.31. The first-order valence-corrected chi connectivity index (χ1v) is 10.7. The number of aliphatic carboxylic acids is 2. The second-order valence-electron chi connectivity index (χ2n) is 7.87. The second-order valence-corrected chi connectivity index (χ2v) is 7.87. The maximum absolute atomic E-state index is 13.1. The summed E-state index contributed by atoms with van der Waals surface area (Å²) in [4.78, 5) is 67.2. The summed E-state index contributed by atoms with van der Waals surface area (Å²) in [6.07, 6.45) is 2.30. The van der Waals surface area contributed by atoms with Crippen molar-refractivity contribution in [2.24, 2.45) is 5.73 Å². The van der Waals surface area contributed by atoms with Crippen LogP contribution in [-0.4, -0.2) is 74.0 Å². The molecule has 4 unspecified atom stereocenters. The minimum atomic E-state index is -1.57. The standard InChI is InChI=1S/C22H28N6O7/c1-12(22(34)35)26-20(32)17(9-18(29)30)28-21(33)16(7-13-5-3-2-4-6-13)27-19(31)15(23)8-14-10-24-11-25-14/h2-6,10-12,15-17H,7-9,23H2,1H3,(H,24,25)(H,26,32)(H,27,31)(H,28,33)(H,29,30)(H,34,35). The van der Waals surface area contributed by atoms with Crippen molar-refractivity contribution in [2.45, 2.75) is 50.4 Å². The van der Waals surface area contributed by atoms with Crippen LogP contribution in [0.4, 0.5) is 0 Å². The number of carbonyl (C=O) groups excluding carboxylic acids is 3. The second kappa shape index (κ2) is 12.8. The van der Waals surface area contributed by atoms with Crippen molar-refractivity contribution in [2.75, 3.05) is 0 Å². The van der Waals surface area contributed by atoms with Crippen LogP contribution in [0, 0.1) is 0 Å². The molecular formula is C22H28N6O7. The molecule has 2 aromatic rings. The minimum absolute atomic E-state index is 0.0299. The zero-order valence-corrected chi connectivity index (χ0v) is 18.9. The third kappa shape index (κ3) is 8.89. The van der Waals surface area contributed by atoms with E-state index < -0.39 is 60.2 Å².